The van der Waals surface area contributed by atoms with Crippen molar-refractivity contribution in [2.75, 3.05) is 6.54 Å². The van der Waals surface area contributed by atoms with Crippen LogP contribution in [0.25, 0.3) is 0 Å². The van der Waals surface area contributed by atoms with E-state index in [0.717, 1.165) is 12.5 Å². The van der Waals surface area contributed by atoms with Crippen LogP contribution in [-0.4, -0.2) is 12.3 Å². The van der Waals surface area contributed by atoms with Gasteiger partial charge in [-0.2, -0.15) is 13.2 Å². The average Bonchev–Trinajstić information content (AvgIpc) is 2.69. The van der Waals surface area contributed by atoms with Crippen molar-refractivity contribution in [2.24, 2.45) is 4.99 Å². The van der Waals surface area contributed by atoms with Crippen molar-refractivity contribution in [2.45, 2.75) is 19.0 Å². The summed E-state index contributed by atoms with van der Waals surface area (Å²) in [4.78, 5) is 4.15. The molecule has 0 amide bonds. The third-order valence-corrected chi connectivity index (χ3v) is 2.90. The molecule has 1 aromatic carbocycles. The van der Waals surface area contributed by atoms with Crippen molar-refractivity contribution in [1.82, 2.24) is 0 Å². The monoisotopic (exact) mass is 247 g/mol. The van der Waals surface area contributed by atoms with Gasteiger partial charge in [-0.1, -0.05) is 23.7 Å². The van der Waals surface area contributed by atoms with Crippen LogP contribution in [0.3, 0.4) is 0 Å². The van der Waals surface area contributed by atoms with E-state index in [9.17, 15) is 13.2 Å². The number of halogens is 4. The van der Waals surface area contributed by atoms with Crippen LogP contribution in [0.1, 0.15) is 24.0 Å². The summed E-state index contributed by atoms with van der Waals surface area (Å²) in [7, 11) is 0. The van der Waals surface area contributed by atoms with E-state index in [0.29, 0.717) is 24.2 Å². The van der Waals surface area contributed by atoms with Gasteiger partial charge in [0.2, 0.25) is 0 Å². The first-order valence-electron chi connectivity index (χ1n) is 4.89. The minimum absolute atomic E-state index is 0.240. The second kappa shape index (κ2) is 4.09. The molecule has 0 aliphatic carbocycles. The van der Waals surface area contributed by atoms with E-state index < -0.39 is 11.7 Å². The highest BCUT2D eigenvalue weighted by Gasteiger charge is 2.34. The fourth-order valence-corrected chi connectivity index (χ4v) is 2.08. The molecule has 0 bridgehead atoms. The first-order valence-corrected chi connectivity index (χ1v) is 5.27. The minimum atomic E-state index is -4.41. The van der Waals surface area contributed by atoms with Crippen LogP contribution >= 0.6 is 11.6 Å². The second-order valence-corrected chi connectivity index (χ2v) is 3.97. The molecule has 1 aromatic rings. The van der Waals surface area contributed by atoms with Crippen LogP contribution in [-0.2, 0) is 6.18 Å². The highest BCUT2D eigenvalue weighted by atomic mass is 35.5. The maximum Gasteiger partial charge on any atom is 0.417 e. The van der Waals surface area contributed by atoms with Crippen molar-refractivity contribution in [3.8, 4) is 0 Å². The number of alkyl halides is 3. The molecule has 0 saturated heterocycles. The van der Waals surface area contributed by atoms with E-state index in [1.54, 1.807) is 6.07 Å². The summed E-state index contributed by atoms with van der Waals surface area (Å²) in [5.74, 6) is 0. The molecule has 86 valence electrons. The molecule has 0 aromatic heterocycles. The molecule has 16 heavy (non-hydrogen) atoms. The smallest absolute Gasteiger partial charge is 0.289 e. The molecule has 0 saturated carbocycles. The Kier molecular flexibility index (Phi) is 2.93. The van der Waals surface area contributed by atoms with Gasteiger partial charge in [0, 0.05) is 17.8 Å². The van der Waals surface area contributed by atoms with E-state index in [4.69, 9.17) is 11.6 Å². The number of rotatable bonds is 1. The summed E-state index contributed by atoms with van der Waals surface area (Å²) in [5, 5.41) is -0.240. The molecular weight excluding hydrogens is 239 g/mol. The molecule has 5 heteroatoms. The average molecular weight is 248 g/mol. The lowest BCUT2D eigenvalue weighted by molar-refractivity contribution is -0.137. The van der Waals surface area contributed by atoms with Gasteiger partial charge in [0.05, 0.1) is 10.6 Å². The number of hydrogen-bond donors (Lipinski definition) is 0. The summed E-state index contributed by atoms with van der Waals surface area (Å²) < 4.78 is 37.8. The van der Waals surface area contributed by atoms with E-state index in [1.165, 1.54) is 6.07 Å². The molecule has 0 atom stereocenters. The summed E-state index contributed by atoms with van der Waals surface area (Å²) in [6, 6.07) is 3.94. The minimum Gasteiger partial charge on any atom is -0.289 e. The molecule has 0 fully saturated rings. The predicted octanol–water partition coefficient (Wildman–Crippen LogP) is 3.94. The van der Waals surface area contributed by atoms with E-state index in [-0.39, 0.29) is 5.02 Å². The predicted molar refractivity (Wildman–Crippen MR) is 57.1 cm³/mol. The topological polar surface area (TPSA) is 12.4 Å². The lowest BCUT2D eigenvalue weighted by Crippen LogP contribution is -2.09. The van der Waals surface area contributed by atoms with Gasteiger partial charge >= 0.3 is 6.18 Å². The molecular formula is C11H9ClF3N. The normalized spacial score (nSPS) is 16.4. The Bertz CT molecular complexity index is 437. The lowest BCUT2D eigenvalue weighted by atomic mass is 10.0. The molecule has 1 heterocycles. The van der Waals surface area contributed by atoms with Gasteiger partial charge in [-0.05, 0) is 18.9 Å². The van der Waals surface area contributed by atoms with E-state index in [1.807, 2.05) is 0 Å². The summed E-state index contributed by atoms with van der Waals surface area (Å²) in [6.45, 7) is 0.669. The zero-order valence-corrected chi connectivity index (χ0v) is 9.07. The molecule has 1 aliphatic rings. The van der Waals surface area contributed by atoms with Crippen molar-refractivity contribution in [1.29, 1.82) is 0 Å². The Labute approximate surface area is 95.9 Å². The molecule has 0 spiro atoms. The number of benzene rings is 1. The van der Waals surface area contributed by atoms with Crippen LogP contribution < -0.4 is 0 Å². The Morgan fingerprint density at radius 3 is 2.56 bits per heavy atom. The highest BCUT2D eigenvalue weighted by molar-refractivity contribution is 6.35. The Morgan fingerprint density at radius 2 is 2.00 bits per heavy atom. The zero-order valence-electron chi connectivity index (χ0n) is 8.31. The number of nitrogens with zero attached hydrogens (tertiary/aromatic N) is 1. The number of hydrogen-bond acceptors (Lipinski definition) is 1. The lowest BCUT2D eigenvalue weighted by Gasteiger charge is -2.12. The SMILES string of the molecule is FC(F)(F)c1cccc(C2=NCCC2)c1Cl. The van der Waals surface area contributed by atoms with Crippen molar-refractivity contribution in [3.05, 3.63) is 34.3 Å². The van der Waals surface area contributed by atoms with Crippen LogP contribution in [0.2, 0.25) is 5.02 Å². The van der Waals surface area contributed by atoms with Gasteiger partial charge in [0.15, 0.2) is 0 Å². The maximum atomic E-state index is 12.6. The molecule has 1 aliphatic heterocycles. The summed E-state index contributed by atoms with van der Waals surface area (Å²) in [5.41, 5.74) is 0.298. The molecule has 1 nitrogen and oxygen atoms in total. The van der Waals surface area contributed by atoms with Crippen LogP contribution in [0.4, 0.5) is 13.2 Å². The third-order valence-electron chi connectivity index (χ3n) is 2.49. The summed E-state index contributed by atoms with van der Waals surface area (Å²) in [6.07, 6.45) is -2.84. The third kappa shape index (κ3) is 2.07. The molecule has 0 N–H and O–H groups in total. The van der Waals surface area contributed by atoms with E-state index in [2.05, 4.69) is 4.99 Å². The van der Waals surface area contributed by atoms with Crippen LogP contribution in [0, 0.1) is 0 Å². The van der Waals surface area contributed by atoms with Crippen LogP contribution in [0.5, 0.6) is 0 Å². The highest BCUT2D eigenvalue weighted by Crippen LogP contribution is 2.37. The van der Waals surface area contributed by atoms with Gasteiger partial charge in [-0.15, -0.1) is 0 Å². The van der Waals surface area contributed by atoms with Crippen molar-refractivity contribution < 1.29 is 13.2 Å². The second-order valence-electron chi connectivity index (χ2n) is 3.60. The quantitative estimate of drug-likeness (QED) is 0.713. The Balaban J connectivity index is 2.48. The summed E-state index contributed by atoms with van der Waals surface area (Å²) >= 11 is 5.77. The van der Waals surface area contributed by atoms with Crippen molar-refractivity contribution >= 4 is 17.3 Å². The molecule has 2 rings (SSSR count). The molecule has 0 radical (unpaired) electrons. The fraction of sp³-hybridized carbons (Fsp3) is 0.364. The van der Waals surface area contributed by atoms with Crippen LogP contribution in [0.15, 0.2) is 23.2 Å². The van der Waals surface area contributed by atoms with Gasteiger partial charge < -0.3 is 0 Å². The van der Waals surface area contributed by atoms with Gasteiger partial charge in [-0.3, -0.25) is 4.99 Å². The molecule has 0 unspecified atom stereocenters. The first kappa shape index (κ1) is 11.5. The van der Waals surface area contributed by atoms with E-state index >= 15 is 0 Å². The van der Waals surface area contributed by atoms with Gasteiger partial charge in [0.1, 0.15) is 0 Å². The van der Waals surface area contributed by atoms with Crippen molar-refractivity contribution in [3.63, 3.8) is 0 Å². The Hall–Kier alpha value is -1.03. The van der Waals surface area contributed by atoms with Gasteiger partial charge in [-0.25, -0.2) is 0 Å². The standard InChI is InChI=1S/C11H9ClF3N/c12-10-7(9-5-2-6-16-9)3-1-4-8(10)11(13,14)15/h1,3-4H,2,5-6H2. The maximum absolute atomic E-state index is 12.6. The van der Waals surface area contributed by atoms with Gasteiger partial charge in [0.25, 0.3) is 0 Å². The zero-order chi connectivity index (χ0) is 11.8. The number of aliphatic imine (C=N–C) groups is 1. The fourth-order valence-electron chi connectivity index (χ4n) is 1.73. The largest absolute Gasteiger partial charge is 0.417 e. The Morgan fingerprint density at radius 1 is 1.25 bits per heavy atom. The first-order chi connectivity index (χ1) is 7.50.